The summed E-state index contributed by atoms with van der Waals surface area (Å²) in [5.41, 5.74) is -0.137. The smallest absolute Gasteiger partial charge is 0.278 e. The predicted molar refractivity (Wildman–Crippen MR) is 88.0 cm³/mol. The number of para-hydroxylation sites is 1. The molecule has 1 aromatic heterocycles. The van der Waals surface area contributed by atoms with E-state index in [0.717, 1.165) is 0 Å². The minimum absolute atomic E-state index is 0.177. The zero-order valence-electron chi connectivity index (χ0n) is 14.1. The average Bonchev–Trinajstić information content (AvgIpc) is 2.55. The van der Waals surface area contributed by atoms with Gasteiger partial charge in [-0.1, -0.05) is 12.1 Å². The molecule has 0 bridgehead atoms. The van der Waals surface area contributed by atoms with Gasteiger partial charge in [0.05, 0.1) is 12.6 Å². The molecule has 2 rings (SSSR count). The Morgan fingerprint density at radius 2 is 2.08 bits per heavy atom. The molecule has 2 aromatic rings. The van der Waals surface area contributed by atoms with Crippen molar-refractivity contribution < 1.29 is 13.9 Å². The fraction of sp³-hybridized carbons (Fsp3) is 0.353. The van der Waals surface area contributed by atoms with E-state index in [1.165, 1.54) is 34.9 Å². The van der Waals surface area contributed by atoms with Crippen LogP contribution in [0.1, 0.15) is 23.1 Å². The van der Waals surface area contributed by atoms with E-state index in [4.69, 9.17) is 4.74 Å². The van der Waals surface area contributed by atoms with Crippen LogP contribution in [0.2, 0.25) is 0 Å². The van der Waals surface area contributed by atoms with Crippen LogP contribution in [-0.4, -0.2) is 47.4 Å². The number of ether oxygens (including phenoxy) is 1. The molecule has 128 valence electrons. The third-order valence-corrected chi connectivity index (χ3v) is 3.78. The first-order valence-electron chi connectivity index (χ1n) is 7.48. The molecular weight excluding hydrogens is 313 g/mol. The molecule has 0 N–H and O–H groups in total. The minimum atomic E-state index is -0.533. The van der Waals surface area contributed by atoms with E-state index in [1.807, 2.05) is 0 Å². The molecule has 0 aliphatic carbocycles. The highest BCUT2D eigenvalue weighted by Crippen LogP contribution is 2.13. The number of rotatable bonds is 5. The number of methoxy groups -OCH3 is 1. The predicted octanol–water partition coefficient (Wildman–Crippen LogP) is 1.79. The maximum absolute atomic E-state index is 14.0. The number of nitrogens with zero attached hydrogens (tertiary/aromatic N) is 3. The summed E-state index contributed by atoms with van der Waals surface area (Å²) in [5.74, 6) is -1.02. The lowest BCUT2D eigenvalue weighted by atomic mass is 10.2. The molecule has 0 spiro atoms. The van der Waals surface area contributed by atoms with Crippen LogP contribution >= 0.6 is 0 Å². The summed E-state index contributed by atoms with van der Waals surface area (Å²) in [4.78, 5) is 26.1. The van der Waals surface area contributed by atoms with E-state index in [1.54, 1.807) is 33.0 Å². The molecule has 1 atom stereocenters. The third-order valence-electron chi connectivity index (χ3n) is 3.78. The molecule has 0 aliphatic heterocycles. The summed E-state index contributed by atoms with van der Waals surface area (Å²) in [7, 11) is 3.10. The van der Waals surface area contributed by atoms with Crippen molar-refractivity contribution in [1.29, 1.82) is 0 Å². The van der Waals surface area contributed by atoms with E-state index in [-0.39, 0.29) is 17.4 Å². The molecule has 1 aromatic carbocycles. The molecule has 0 fully saturated rings. The van der Waals surface area contributed by atoms with Gasteiger partial charge in [0, 0.05) is 25.9 Å². The molecule has 0 aliphatic rings. The average molecular weight is 333 g/mol. The first kappa shape index (κ1) is 17.8. The zero-order valence-corrected chi connectivity index (χ0v) is 14.1. The molecule has 0 saturated carbocycles. The summed E-state index contributed by atoms with van der Waals surface area (Å²) in [6.45, 7) is 3.76. The largest absolute Gasteiger partial charge is 0.383 e. The number of likely N-dealkylation sites (N-methyl/N-ethyl adjacent to an activating group) is 1. The highest BCUT2D eigenvalue weighted by Gasteiger charge is 2.23. The number of aryl methyl sites for hydroxylation is 1. The van der Waals surface area contributed by atoms with E-state index >= 15 is 0 Å². The standard InChI is InChI=1S/C17H20FN3O3/c1-11-9-15(22)16(17(23)20(3)12(2)10-24-4)19-21(11)14-8-6-5-7-13(14)18/h5-9,12H,10H2,1-4H3/t12-/m1/s1. The van der Waals surface area contributed by atoms with Crippen molar-refractivity contribution in [2.75, 3.05) is 20.8 Å². The second-order valence-electron chi connectivity index (χ2n) is 5.58. The van der Waals surface area contributed by atoms with Gasteiger partial charge in [0.1, 0.15) is 11.5 Å². The van der Waals surface area contributed by atoms with Crippen LogP contribution in [0.5, 0.6) is 0 Å². The van der Waals surface area contributed by atoms with Gasteiger partial charge in [-0.05, 0) is 26.0 Å². The van der Waals surface area contributed by atoms with Crippen molar-refractivity contribution in [1.82, 2.24) is 14.7 Å². The van der Waals surface area contributed by atoms with Crippen molar-refractivity contribution in [3.05, 3.63) is 57.8 Å². The van der Waals surface area contributed by atoms with E-state index in [9.17, 15) is 14.0 Å². The highest BCUT2D eigenvalue weighted by molar-refractivity contribution is 5.92. The quantitative estimate of drug-likeness (QED) is 0.837. The summed E-state index contributed by atoms with van der Waals surface area (Å²) < 4.78 is 20.3. The van der Waals surface area contributed by atoms with Crippen molar-refractivity contribution in [2.24, 2.45) is 0 Å². The minimum Gasteiger partial charge on any atom is -0.383 e. The van der Waals surface area contributed by atoms with Crippen molar-refractivity contribution in [2.45, 2.75) is 19.9 Å². The number of halogens is 1. The van der Waals surface area contributed by atoms with Gasteiger partial charge in [-0.25, -0.2) is 9.07 Å². The number of hydrogen-bond acceptors (Lipinski definition) is 4. The number of carbonyl (C=O) groups is 1. The number of hydrogen-bond donors (Lipinski definition) is 0. The Morgan fingerprint density at radius 3 is 2.71 bits per heavy atom. The Hall–Kier alpha value is -2.54. The number of carbonyl (C=O) groups excluding carboxylic acids is 1. The van der Waals surface area contributed by atoms with E-state index < -0.39 is 17.2 Å². The van der Waals surface area contributed by atoms with Crippen LogP contribution in [0.3, 0.4) is 0 Å². The fourth-order valence-corrected chi connectivity index (χ4v) is 2.28. The van der Waals surface area contributed by atoms with E-state index in [2.05, 4.69) is 5.10 Å². The van der Waals surface area contributed by atoms with Gasteiger partial charge < -0.3 is 9.64 Å². The number of benzene rings is 1. The van der Waals surface area contributed by atoms with Gasteiger partial charge in [0.25, 0.3) is 5.91 Å². The lowest BCUT2D eigenvalue weighted by Crippen LogP contribution is -2.41. The second-order valence-corrected chi connectivity index (χ2v) is 5.58. The van der Waals surface area contributed by atoms with Gasteiger partial charge in [-0.15, -0.1) is 0 Å². The molecular formula is C17H20FN3O3. The van der Waals surface area contributed by atoms with Crippen molar-refractivity contribution in [3.8, 4) is 5.69 Å². The summed E-state index contributed by atoms with van der Waals surface area (Å²) in [6.07, 6.45) is 0. The topological polar surface area (TPSA) is 64.4 Å². The Labute approximate surface area is 139 Å². The van der Waals surface area contributed by atoms with Crippen LogP contribution in [0.15, 0.2) is 35.1 Å². The summed E-state index contributed by atoms with van der Waals surface area (Å²) >= 11 is 0. The fourth-order valence-electron chi connectivity index (χ4n) is 2.28. The lowest BCUT2D eigenvalue weighted by Gasteiger charge is -2.24. The normalized spacial score (nSPS) is 12.0. The van der Waals surface area contributed by atoms with Crippen molar-refractivity contribution in [3.63, 3.8) is 0 Å². The Bertz CT molecular complexity index is 804. The molecule has 1 heterocycles. The van der Waals surface area contributed by atoms with Crippen LogP contribution < -0.4 is 5.43 Å². The highest BCUT2D eigenvalue weighted by atomic mass is 19.1. The van der Waals surface area contributed by atoms with E-state index in [0.29, 0.717) is 12.3 Å². The van der Waals surface area contributed by atoms with Gasteiger partial charge in [0.2, 0.25) is 5.43 Å². The zero-order chi connectivity index (χ0) is 17.9. The maximum Gasteiger partial charge on any atom is 0.278 e. The SMILES string of the molecule is COC[C@@H](C)N(C)C(=O)c1nn(-c2ccccc2F)c(C)cc1=O. The van der Waals surface area contributed by atoms with Gasteiger partial charge in [0.15, 0.2) is 5.69 Å². The second kappa shape index (κ2) is 7.35. The summed E-state index contributed by atoms with van der Waals surface area (Å²) in [6, 6.07) is 7.09. The molecule has 0 saturated heterocycles. The Morgan fingerprint density at radius 1 is 1.42 bits per heavy atom. The van der Waals surface area contributed by atoms with Gasteiger partial charge >= 0.3 is 0 Å². The van der Waals surface area contributed by atoms with Crippen LogP contribution in [0.4, 0.5) is 4.39 Å². The van der Waals surface area contributed by atoms with Gasteiger partial charge in [-0.3, -0.25) is 9.59 Å². The molecule has 0 radical (unpaired) electrons. The Kier molecular flexibility index (Phi) is 5.46. The maximum atomic E-state index is 14.0. The molecule has 24 heavy (non-hydrogen) atoms. The van der Waals surface area contributed by atoms with Crippen molar-refractivity contribution >= 4 is 5.91 Å². The number of aromatic nitrogens is 2. The lowest BCUT2D eigenvalue weighted by molar-refractivity contribution is 0.0624. The first-order valence-corrected chi connectivity index (χ1v) is 7.48. The molecule has 0 unspecified atom stereocenters. The van der Waals surface area contributed by atoms with Crippen LogP contribution in [0.25, 0.3) is 5.69 Å². The van der Waals surface area contributed by atoms with Crippen LogP contribution in [0, 0.1) is 12.7 Å². The van der Waals surface area contributed by atoms with Gasteiger partial charge in [-0.2, -0.15) is 5.10 Å². The summed E-state index contributed by atoms with van der Waals surface area (Å²) in [5, 5.41) is 4.10. The number of amides is 1. The third kappa shape index (κ3) is 3.51. The molecule has 1 amide bonds. The first-order chi connectivity index (χ1) is 11.4. The van der Waals surface area contributed by atoms with Crippen LogP contribution in [-0.2, 0) is 4.74 Å². The Balaban J connectivity index is 2.49. The molecule has 6 nitrogen and oxygen atoms in total. The monoisotopic (exact) mass is 333 g/mol. The molecule has 7 heteroatoms.